The van der Waals surface area contributed by atoms with Crippen LogP contribution in [0.4, 0.5) is 4.79 Å². The van der Waals surface area contributed by atoms with Crippen molar-refractivity contribution in [1.82, 2.24) is 10.6 Å². The quantitative estimate of drug-likeness (QED) is 0.677. The highest BCUT2D eigenvalue weighted by molar-refractivity contribution is 7.09. The van der Waals surface area contributed by atoms with Gasteiger partial charge in [0.2, 0.25) is 0 Å². The monoisotopic (exact) mass is 326 g/mol. The summed E-state index contributed by atoms with van der Waals surface area (Å²) in [6.07, 6.45) is 0. The maximum absolute atomic E-state index is 11.7. The molecule has 118 valence electrons. The molecule has 2 N–H and O–H groups in total. The lowest BCUT2D eigenvalue weighted by molar-refractivity contribution is 0.236. The minimum absolute atomic E-state index is 0.181. The van der Waals surface area contributed by atoms with E-state index >= 15 is 0 Å². The molecule has 0 fully saturated rings. The van der Waals surface area contributed by atoms with Gasteiger partial charge in [0.25, 0.3) is 0 Å². The molecule has 0 aliphatic heterocycles. The Morgan fingerprint density at radius 1 is 1.00 bits per heavy atom. The van der Waals surface area contributed by atoms with E-state index < -0.39 is 0 Å². The van der Waals surface area contributed by atoms with E-state index in [1.807, 2.05) is 47.8 Å². The van der Waals surface area contributed by atoms with Crippen LogP contribution in [0.1, 0.15) is 4.88 Å². The zero-order valence-electron chi connectivity index (χ0n) is 12.6. The summed E-state index contributed by atoms with van der Waals surface area (Å²) in [5, 5.41) is 9.83. The van der Waals surface area contributed by atoms with E-state index in [0.29, 0.717) is 19.7 Å². The third-order valence-corrected chi connectivity index (χ3v) is 4.27. The lowest BCUT2D eigenvalue weighted by atomic mass is 10.1. The van der Waals surface area contributed by atoms with Gasteiger partial charge >= 0.3 is 6.03 Å². The normalized spacial score (nSPS) is 10.4. The van der Waals surface area contributed by atoms with E-state index in [4.69, 9.17) is 4.74 Å². The van der Waals surface area contributed by atoms with Gasteiger partial charge in [0.15, 0.2) is 0 Å². The predicted octanol–water partition coefficient (Wildman–Crippen LogP) is 3.78. The van der Waals surface area contributed by atoms with Crippen molar-refractivity contribution < 1.29 is 9.53 Å². The second kappa shape index (κ2) is 7.65. The number of amides is 2. The Morgan fingerprint density at radius 2 is 1.87 bits per heavy atom. The fourth-order valence-corrected chi connectivity index (χ4v) is 2.93. The Bertz CT molecular complexity index is 766. The summed E-state index contributed by atoms with van der Waals surface area (Å²) in [5.41, 5.74) is 0. The Morgan fingerprint density at radius 3 is 2.74 bits per heavy atom. The van der Waals surface area contributed by atoms with Crippen molar-refractivity contribution in [3.05, 3.63) is 64.9 Å². The maximum atomic E-state index is 11.7. The Kier molecular flexibility index (Phi) is 5.11. The largest absolute Gasteiger partial charge is 0.491 e. The summed E-state index contributed by atoms with van der Waals surface area (Å²) in [7, 11) is 0. The van der Waals surface area contributed by atoms with Gasteiger partial charge in [-0.15, -0.1) is 11.3 Å². The molecule has 0 radical (unpaired) electrons. The van der Waals surface area contributed by atoms with Gasteiger partial charge in [-0.05, 0) is 22.9 Å². The fourth-order valence-electron chi connectivity index (χ4n) is 2.29. The smallest absolute Gasteiger partial charge is 0.315 e. The molecular weight excluding hydrogens is 308 g/mol. The number of hydrogen-bond donors (Lipinski definition) is 2. The maximum Gasteiger partial charge on any atom is 0.315 e. The van der Waals surface area contributed by atoms with Gasteiger partial charge < -0.3 is 15.4 Å². The van der Waals surface area contributed by atoms with Gasteiger partial charge in [-0.3, -0.25) is 0 Å². The predicted molar refractivity (Wildman–Crippen MR) is 94.0 cm³/mol. The molecule has 0 saturated carbocycles. The van der Waals surface area contributed by atoms with Gasteiger partial charge in [0.05, 0.1) is 13.1 Å². The number of nitrogens with one attached hydrogen (secondary N) is 2. The number of carbonyl (C=O) groups is 1. The summed E-state index contributed by atoms with van der Waals surface area (Å²) in [4.78, 5) is 12.8. The minimum atomic E-state index is -0.181. The van der Waals surface area contributed by atoms with E-state index in [-0.39, 0.29) is 6.03 Å². The van der Waals surface area contributed by atoms with Crippen LogP contribution < -0.4 is 15.4 Å². The molecule has 0 spiro atoms. The number of carbonyl (C=O) groups excluding carboxylic acids is 1. The van der Waals surface area contributed by atoms with Crippen LogP contribution in [0.5, 0.6) is 5.75 Å². The third kappa shape index (κ3) is 4.23. The zero-order valence-corrected chi connectivity index (χ0v) is 13.4. The lowest BCUT2D eigenvalue weighted by Crippen LogP contribution is -2.37. The van der Waals surface area contributed by atoms with Crippen LogP contribution in [0.15, 0.2) is 60.0 Å². The molecule has 2 amide bonds. The number of ether oxygens (including phenoxy) is 1. The van der Waals surface area contributed by atoms with Crippen LogP contribution in [0.25, 0.3) is 10.8 Å². The summed E-state index contributed by atoms with van der Waals surface area (Å²) < 4.78 is 5.78. The Hall–Kier alpha value is -2.53. The number of fused-ring (bicyclic) bond motifs is 1. The van der Waals surface area contributed by atoms with Crippen molar-refractivity contribution in [2.75, 3.05) is 13.2 Å². The highest BCUT2D eigenvalue weighted by Crippen LogP contribution is 2.24. The van der Waals surface area contributed by atoms with Gasteiger partial charge in [-0.25, -0.2) is 4.79 Å². The van der Waals surface area contributed by atoms with Crippen LogP contribution in [-0.2, 0) is 6.54 Å². The number of thiophene rings is 1. The van der Waals surface area contributed by atoms with Crippen LogP contribution in [0.3, 0.4) is 0 Å². The first-order chi connectivity index (χ1) is 11.3. The van der Waals surface area contributed by atoms with E-state index in [0.717, 1.165) is 21.4 Å². The average molecular weight is 326 g/mol. The summed E-state index contributed by atoms with van der Waals surface area (Å²) in [6.45, 7) is 1.44. The van der Waals surface area contributed by atoms with Gasteiger partial charge in [0, 0.05) is 10.3 Å². The SMILES string of the molecule is O=C(NCCOc1cccc2ccccc12)NCc1cccs1. The zero-order chi connectivity index (χ0) is 15.9. The van der Waals surface area contributed by atoms with Crippen molar-refractivity contribution in [2.45, 2.75) is 6.54 Å². The van der Waals surface area contributed by atoms with Gasteiger partial charge in [0.1, 0.15) is 12.4 Å². The molecular formula is C18H18N2O2S. The number of hydrogen-bond acceptors (Lipinski definition) is 3. The molecule has 1 heterocycles. The molecule has 5 heteroatoms. The minimum Gasteiger partial charge on any atom is -0.491 e. The number of benzene rings is 2. The topological polar surface area (TPSA) is 50.4 Å². The summed E-state index contributed by atoms with van der Waals surface area (Å²) in [5.74, 6) is 0.837. The molecule has 3 aromatic rings. The first kappa shape index (κ1) is 15.4. The van der Waals surface area contributed by atoms with Crippen LogP contribution in [-0.4, -0.2) is 19.2 Å². The highest BCUT2D eigenvalue weighted by Gasteiger charge is 2.03. The van der Waals surface area contributed by atoms with Crippen LogP contribution >= 0.6 is 11.3 Å². The van der Waals surface area contributed by atoms with Crippen molar-refractivity contribution in [3.63, 3.8) is 0 Å². The fraction of sp³-hybridized carbons (Fsp3) is 0.167. The van der Waals surface area contributed by atoms with Crippen molar-refractivity contribution in [2.24, 2.45) is 0 Å². The van der Waals surface area contributed by atoms with E-state index in [1.54, 1.807) is 11.3 Å². The molecule has 0 aliphatic carbocycles. The highest BCUT2D eigenvalue weighted by atomic mass is 32.1. The summed E-state index contributed by atoms with van der Waals surface area (Å²) in [6, 6.07) is 17.8. The molecule has 0 atom stereocenters. The average Bonchev–Trinajstić information content (AvgIpc) is 3.10. The van der Waals surface area contributed by atoms with Gasteiger partial charge in [-0.2, -0.15) is 0 Å². The second-order valence-electron chi connectivity index (χ2n) is 5.01. The first-order valence-corrected chi connectivity index (χ1v) is 8.35. The molecule has 0 bridgehead atoms. The van der Waals surface area contributed by atoms with Crippen molar-refractivity contribution in [3.8, 4) is 5.75 Å². The standard InChI is InChI=1S/C18H18N2O2S/c21-18(20-13-15-7-4-12-23-15)19-10-11-22-17-9-3-6-14-5-1-2-8-16(14)17/h1-9,12H,10-11,13H2,(H2,19,20,21). The van der Waals surface area contributed by atoms with Crippen LogP contribution in [0, 0.1) is 0 Å². The van der Waals surface area contributed by atoms with E-state index in [2.05, 4.69) is 22.8 Å². The summed E-state index contributed by atoms with van der Waals surface area (Å²) >= 11 is 1.62. The molecule has 1 aromatic heterocycles. The molecule has 0 aliphatic rings. The molecule has 3 rings (SSSR count). The molecule has 2 aromatic carbocycles. The van der Waals surface area contributed by atoms with Crippen molar-refractivity contribution in [1.29, 1.82) is 0 Å². The molecule has 0 unspecified atom stereocenters. The molecule has 0 saturated heterocycles. The van der Waals surface area contributed by atoms with Crippen molar-refractivity contribution >= 4 is 28.1 Å². The third-order valence-electron chi connectivity index (χ3n) is 3.40. The van der Waals surface area contributed by atoms with E-state index in [1.165, 1.54) is 0 Å². The van der Waals surface area contributed by atoms with Gasteiger partial charge in [-0.1, -0.05) is 42.5 Å². The first-order valence-electron chi connectivity index (χ1n) is 7.47. The van der Waals surface area contributed by atoms with Crippen LogP contribution in [0.2, 0.25) is 0 Å². The number of rotatable bonds is 6. The Labute approximate surface area is 139 Å². The Balaban J connectivity index is 1.43. The molecule has 4 nitrogen and oxygen atoms in total. The molecule has 23 heavy (non-hydrogen) atoms. The van der Waals surface area contributed by atoms with E-state index in [9.17, 15) is 4.79 Å². The second-order valence-corrected chi connectivity index (χ2v) is 6.05. The number of urea groups is 1. The lowest BCUT2D eigenvalue weighted by Gasteiger charge is -2.10.